The number of aromatic nitrogens is 2. The average molecular weight is 394 g/mol. The fourth-order valence-corrected chi connectivity index (χ4v) is 3.97. The van der Waals surface area contributed by atoms with Gasteiger partial charge in [-0.15, -0.1) is 0 Å². The minimum Gasteiger partial charge on any atom is -0.327 e. The van der Waals surface area contributed by atoms with E-state index in [0.29, 0.717) is 11.3 Å². The van der Waals surface area contributed by atoms with Crippen molar-refractivity contribution in [3.63, 3.8) is 0 Å². The van der Waals surface area contributed by atoms with Gasteiger partial charge in [-0.25, -0.2) is 9.37 Å². The summed E-state index contributed by atoms with van der Waals surface area (Å²) in [6.45, 7) is 6.24. The molecular weight excluding hydrogens is 367 g/mol. The Kier molecular flexibility index (Phi) is 5.90. The van der Waals surface area contributed by atoms with Crippen molar-refractivity contribution >= 4 is 22.6 Å². The zero-order valence-corrected chi connectivity index (χ0v) is 16.8. The van der Waals surface area contributed by atoms with Gasteiger partial charge in [0, 0.05) is 17.8 Å². The van der Waals surface area contributed by atoms with Crippen molar-refractivity contribution in [3.8, 4) is 0 Å². The molecule has 1 fully saturated rings. The predicted octanol–water partition coefficient (Wildman–Crippen LogP) is 4.82. The van der Waals surface area contributed by atoms with Gasteiger partial charge in [0.2, 0.25) is 0 Å². The molecule has 1 saturated heterocycles. The van der Waals surface area contributed by atoms with E-state index < -0.39 is 0 Å². The number of piperidine rings is 1. The number of fused-ring (bicyclic) bond motifs is 1. The van der Waals surface area contributed by atoms with Crippen LogP contribution < -0.4 is 5.32 Å². The van der Waals surface area contributed by atoms with Crippen molar-refractivity contribution < 1.29 is 9.18 Å². The minimum atomic E-state index is -0.356. The van der Waals surface area contributed by atoms with Crippen molar-refractivity contribution in [2.75, 3.05) is 18.4 Å². The lowest BCUT2D eigenvalue weighted by Crippen LogP contribution is -2.30. The maximum Gasteiger partial charge on any atom is 0.255 e. The standard InChI is InChI=1S/C23H27FN4O/c1-2-12-28-21-11-10-19(25-23(29)17-6-8-18(24)9-7-17)15-20(21)26-22(28)16-27-13-4-3-5-14-27/h6-11,15H,2-5,12-14,16H2,1H3,(H,25,29). The second kappa shape index (κ2) is 8.74. The zero-order valence-electron chi connectivity index (χ0n) is 16.8. The number of hydrogen-bond acceptors (Lipinski definition) is 3. The monoisotopic (exact) mass is 394 g/mol. The second-order valence-electron chi connectivity index (χ2n) is 7.68. The van der Waals surface area contributed by atoms with Crippen LogP contribution in [0, 0.1) is 5.82 Å². The molecule has 0 atom stereocenters. The highest BCUT2D eigenvalue weighted by Crippen LogP contribution is 2.23. The van der Waals surface area contributed by atoms with Gasteiger partial charge in [0.05, 0.1) is 17.6 Å². The van der Waals surface area contributed by atoms with Crippen LogP contribution in [-0.4, -0.2) is 33.4 Å². The lowest BCUT2D eigenvalue weighted by Gasteiger charge is -2.26. The summed E-state index contributed by atoms with van der Waals surface area (Å²) in [4.78, 5) is 19.8. The summed E-state index contributed by atoms with van der Waals surface area (Å²) in [5.41, 5.74) is 3.10. The molecule has 29 heavy (non-hydrogen) atoms. The predicted molar refractivity (Wildman–Crippen MR) is 114 cm³/mol. The molecule has 0 bridgehead atoms. The average Bonchev–Trinajstić information content (AvgIpc) is 3.06. The Morgan fingerprint density at radius 3 is 2.59 bits per heavy atom. The number of hydrogen-bond donors (Lipinski definition) is 1. The Labute approximate surface area is 170 Å². The van der Waals surface area contributed by atoms with Crippen LogP contribution >= 0.6 is 0 Å². The van der Waals surface area contributed by atoms with Crippen LogP contribution in [0.1, 0.15) is 48.8 Å². The van der Waals surface area contributed by atoms with Gasteiger partial charge in [0.15, 0.2) is 0 Å². The first kappa shape index (κ1) is 19.6. The van der Waals surface area contributed by atoms with Gasteiger partial charge in [0.1, 0.15) is 11.6 Å². The molecular formula is C23H27FN4O. The van der Waals surface area contributed by atoms with Crippen LogP contribution in [0.15, 0.2) is 42.5 Å². The number of likely N-dealkylation sites (tertiary alicyclic amines) is 1. The van der Waals surface area contributed by atoms with Gasteiger partial charge in [-0.05, 0) is 74.8 Å². The number of anilines is 1. The summed E-state index contributed by atoms with van der Waals surface area (Å²) in [6.07, 6.45) is 4.88. The molecule has 0 unspecified atom stereocenters. The van der Waals surface area contributed by atoms with E-state index in [1.807, 2.05) is 18.2 Å². The van der Waals surface area contributed by atoms with Gasteiger partial charge in [0.25, 0.3) is 5.91 Å². The number of halogens is 1. The SMILES string of the molecule is CCCn1c(CN2CCCCC2)nc2cc(NC(=O)c3ccc(F)cc3)ccc21. The number of benzene rings is 2. The summed E-state index contributed by atoms with van der Waals surface area (Å²) in [5, 5.41) is 2.89. The molecule has 1 amide bonds. The second-order valence-corrected chi connectivity index (χ2v) is 7.68. The Morgan fingerprint density at radius 2 is 1.86 bits per heavy atom. The minimum absolute atomic E-state index is 0.258. The number of carbonyl (C=O) groups is 1. The molecule has 0 radical (unpaired) electrons. The molecule has 0 spiro atoms. The molecule has 0 aliphatic carbocycles. The number of nitrogens with one attached hydrogen (secondary N) is 1. The number of amides is 1. The quantitative estimate of drug-likeness (QED) is 0.652. The largest absolute Gasteiger partial charge is 0.327 e. The first-order valence-electron chi connectivity index (χ1n) is 10.4. The molecule has 2 aromatic carbocycles. The van der Waals surface area contributed by atoms with Gasteiger partial charge < -0.3 is 9.88 Å². The van der Waals surface area contributed by atoms with E-state index in [0.717, 1.165) is 49.5 Å². The van der Waals surface area contributed by atoms with Crippen molar-refractivity contribution in [1.29, 1.82) is 0 Å². The van der Waals surface area contributed by atoms with E-state index in [-0.39, 0.29) is 11.7 Å². The van der Waals surface area contributed by atoms with Gasteiger partial charge in [-0.2, -0.15) is 0 Å². The summed E-state index contributed by atoms with van der Waals surface area (Å²) in [5.74, 6) is 0.474. The van der Waals surface area contributed by atoms with E-state index >= 15 is 0 Å². The highest BCUT2D eigenvalue weighted by atomic mass is 19.1. The molecule has 0 saturated carbocycles. The topological polar surface area (TPSA) is 50.2 Å². The van der Waals surface area contributed by atoms with Crippen molar-refractivity contribution in [2.45, 2.75) is 45.7 Å². The number of imidazole rings is 1. The molecule has 1 aliphatic heterocycles. The van der Waals surface area contributed by atoms with E-state index in [1.165, 1.54) is 43.5 Å². The highest BCUT2D eigenvalue weighted by Gasteiger charge is 2.17. The van der Waals surface area contributed by atoms with Gasteiger partial charge in [-0.1, -0.05) is 13.3 Å². The summed E-state index contributed by atoms with van der Waals surface area (Å²) >= 11 is 0. The molecule has 152 valence electrons. The first-order valence-corrected chi connectivity index (χ1v) is 10.4. The van der Waals surface area contributed by atoms with E-state index in [9.17, 15) is 9.18 Å². The fraction of sp³-hybridized carbons (Fsp3) is 0.391. The number of carbonyl (C=O) groups excluding carboxylic acids is 1. The molecule has 2 heterocycles. The lowest BCUT2D eigenvalue weighted by atomic mass is 10.1. The number of nitrogens with zero attached hydrogens (tertiary/aromatic N) is 3. The van der Waals surface area contributed by atoms with Crippen LogP contribution in [-0.2, 0) is 13.1 Å². The molecule has 1 aromatic heterocycles. The van der Waals surface area contributed by atoms with Crippen LogP contribution in [0.25, 0.3) is 11.0 Å². The van der Waals surface area contributed by atoms with Crippen LogP contribution in [0.4, 0.5) is 10.1 Å². The van der Waals surface area contributed by atoms with Crippen molar-refractivity contribution in [1.82, 2.24) is 14.5 Å². The third-order valence-corrected chi connectivity index (χ3v) is 5.45. The van der Waals surface area contributed by atoms with E-state index in [4.69, 9.17) is 4.98 Å². The summed E-state index contributed by atoms with van der Waals surface area (Å²) in [6, 6.07) is 11.4. The van der Waals surface area contributed by atoms with Gasteiger partial charge in [-0.3, -0.25) is 9.69 Å². The number of rotatable bonds is 6. The maximum atomic E-state index is 13.1. The van der Waals surface area contributed by atoms with Crippen molar-refractivity contribution in [2.24, 2.45) is 0 Å². The number of aryl methyl sites for hydroxylation is 1. The highest BCUT2D eigenvalue weighted by molar-refractivity contribution is 6.04. The smallest absolute Gasteiger partial charge is 0.255 e. The van der Waals surface area contributed by atoms with Crippen LogP contribution in [0.3, 0.4) is 0 Å². The third kappa shape index (κ3) is 4.48. The van der Waals surface area contributed by atoms with Crippen molar-refractivity contribution in [3.05, 3.63) is 59.7 Å². The van der Waals surface area contributed by atoms with E-state index in [1.54, 1.807) is 0 Å². The molecule has 3 aromatic rings. The molecule has 6 heteroatoms. The first-order chi connectivity index (χ1) is 14.1. The maximum absolute atomic E-state index is 13.1. The fourth-order valence-electron chi connectivity index (χ4n) is 3.97. The normalized spacial score (nSPS) is 15.0. The van der Waals surface area contributed by atoms with Crippen LogP contribution in [0.2, 0.25) is 0 Å². The summed E-state index contributed by atoms with van der Waals surface area (Å²) < 4.78 is 15.4. The summed E-state index contributed by atoms with van der Waals surface area (Å²) in [7, 11) is 0. The molecule has 4 rings (SSSR count). The Morgan fingerprint density at radius 1 is 1.10 bits per heavy atom. The zero-order chi connectivity index (χ0) is 20.2. The Bertz CT molecular complexity index is 990. The molecule has 1 aliphatic rings. The van der Waals surface area contributed by atoms with Gasteiger partial charge >= 0.3 is 0 Å². The Hall–Kier alpha value is -2.73. The molecule has 5 nitrogen and oxygen atoms in total. The molecule has 1 N–H and O–H groups in total. The van der Waals surface area contributed by atoms with E-state index in [2.05, 4.69) is 21.7 Å². The Balaban J connectivity index is 1.57. The van der Waals surface area contributed by atoms with Crippen LogP contribution in [0.5, 0.6) is 0 Å². The third-order valence-electron chi connectivity index (χ3n) is 5.45. The lowest BCUT2D eigenvalue weighted by molar-refractivity contribution is 0.102.